The van der Waals surface area contributed by atoms with Crippen molar-refractivity contribution >= 4 is 12.0 Å². The van der Waals surface area contributed by atoms with Gasteiger partial charge in [-0.1, -0.05) is 6.07 Å². The first-order chi connectivity index (χ1) is 11.0. The van der Waals surface area contributed by atoms with Gasteiger partial charge in [-0.15, -0.1) is 0 Å². The first kappa shape index (κ1) is 19.6. The number of aromatic hydroxyl groups is 2. The van der Waals surface area contributed by atoms with Crippen LogP contribution in [0.5, 0.6) is 11.5 Å². The summed E-state index contributed by atoms with van der Waals surface area (Å²) in [4.78, 5) is 25.2. The third-order valence-corrected chi connectivity index (χ3v) is 3.41. The van der Waals surface area contributed by atoms with Crippen LogP contribution >= 0.6 is 0 Å². The lowest BCUT2D eigenvalue weighted by molar-refractivity contribution is -0.130. The van der Waals surface area contributed by atoms with Gasteiger partial charge >= 0.3 is 6.09 Å². The number of carbonyl (C=O) groups is 2. The van der Waals surface area contributed by atoms with Crippen molar-refractivity contribution in [3.8, 4) is 11.5 Å². The van der Waals surface area contributed by atoms with Crippen LogP contribution in [0.3, 0.4) is 0 Å². The highest BCUT2D eigenvalue weighted by Gasteiger charge is 2.20. The third kappa shape index (κ3) is 6.36. The van der Waals surface area contributed by atoms with Crippen LogP contribution in [-0.2, 0) is 16.0 Å². The van der Waals surface area contributed by atoms with Crippen LogP contribution in [0.25, 0.3) is 0 Å². The van der Waals surface area contributed by atoms with Gasteiger partial charge in [0.1, 0.15) is 12.1 Å². The Balaban J connectivity index is 2.52. The van der Waals surface area contributed by atoms with Gasteiger partial charge in [0.25, 0.3) is 0 Å². The molecule has 7 nitrogen and oxygen atoms in total. The summed E-state index contributed by atoms with van der Waals surface area (Å²) in [5.41, 5.74) is 0.172. The lowest BCUT2D eigenvalue weighted by Crippen LogP contribution is -2.44. The molecule has 0 aromatic heterocycles. The molecule has 1 aromatic carbocycles. The number of likely N-dealkylation sites (N-methyl/N-ethyl adjacent to an activating group) is 1. The Kier molecular flexibility index (Phi) is 6.45. The van der Waals surface area contributed by atoms with E-state index in [-0.39, 0.29) is 30.0 Å². The van der Waals surface area contributed by atoms with Gasteiger partial charge < -0.3 is 25.2 Å². The molecule has 0 saturated heterocycles. The fourth-order valence-electron chi connectivity index (χ4n) is 2.01. The monoisotopic (exact) mass is 338 g/mol. The zero-order valence-electron chi connectivity index (χ0n) is 14.8. The number of amides is 2. The van der Waals surface area contributed by atoms with Gasteiger partial charge in [0.05, 0.1) is 0 Å². The maximum absolute atomic E-state index is 12.1. The molecule has 0 aliphatic carbocycles. The molecular formula is C17H26N2O5. The Labute approximate surface area is 142 Å². The van der Waals surface area contributed by atoms with Crippen LogP contribution in [0.2, 0.25) is 0 Å². The lowest BCUT2D eigenvalue weighted by Gasteiger charge is -2.26. The van der Waals surface area contributed by atoms with E-state index < -0.39 is 11.7 Å². The maximum atomic E-state index is 12.1. The average molecular weight is 338 g/mol. The second kappa shape index (κ2) is 7.90. The van der Waals surface area contributed by atoms with E-state index in [1.54, 1.807) is 33.9 Å². The van der Waals surface area contributed by atoms with E-state index in [4.69, 9.17) is 4.74 Å². The van der Waals surface area contributed by atoms with E-state index in [0.717, 1.165) is 5.56 Å². The molecule has 1 rings (SSSR count). The van der Waals surface area contributed by atoms with Gasteiger partial charge in [-0.3, -0.25) is 4.79 Å². The fourth-order valence-corrected chi connectivity index (χ4v) is 2.01. The number of nitrogens with one attached hydrogen (secondary N) is 1. The first-order valence-corrected chi connectivity index (χ1v) is 7.73. The van der Waals surface area contributed by atoms with E-state index in [9.17, 15) is 19.8 Å². The summed E-state index contributed by atoms with van der Waals surface area (Å²) in [5, 5.41) is 21.2. The summed E-state index contributed by atoms with van der Waals surface area (Å²) in [6.07, 6.45) is -0.136. The molecule has 0 saturated carbocycles. The Hall–Kier alpha value is -2.44. The lowest BCUT2D eigenvalue weighted by atomic mass is 10.1. The van der Waals surface area contributed by atoms with Crippen LogP contribution in [-0.4, -0.2) is 52.3 Å². The SMILES string of the molecule is CC(Cc1ccc(O)c(O)c1)N(C)C(=O)CNC(=O)OC(C)(C)C. The van der Waals surface area contributed by atoms with E-state index in [1.807, 2.05) is 6.92 Å². The van der Waals surface area contributed by atoms with Crippen LogP contribution in [0, 0.1) is 0 Å². The fraction of sp³-hybridized carbons (Fsp3) is 0.529. The molecule has 1 unspecified atom stereocenters. The van der Waals surface area contributed by atoms with Gasteiger partial charge in [0, 0.05) is 13.1 Å². The first-order valence-electron chi connectivity index (χ1n) is 7.73. The molecule has 0 spiro atoms. The standard InChI is InChI=1S/C17H26N2O5/c1-11(8-12-6-7-13(20)14(21)9-12)19(5)15(22)10-18-16(23)24-17(2,3)4/h6-7,9,11,20-21H,8,10H2,1-5H3,(H,18,23). The molecule has 134 valence electrons. The van der Waals surface area contributed by atoms with E-state index in [2.05, 4.69) is 5.32 Å². The molecule has 0 heterocycles. The highest BCUT2D eigenvalue weighted by Crippen LogP contribution is 2.25. The highest BCUT2D eigenvalue weighted by molar-refractivity contribution is 5.82. The number of hydrogen-bond donors (Lipinski definition) is 3. The molecule has 0 aliphatic rings. The van der Waals surface area contributed by atoms with E-state index >= 15 is 0 Å². The molecular weight excluding hydrogens is 312 g/mol. The largest absolute Gasteiger partial charge is 0.504 e. The molecule has 0 radical (unpaired) electrons. The summed E-state index contributed by atoms with van der Waals surface area (Å²) in [6.45, 7) is 6.94. The molecule has 1 atom stereocenters. The molecule has 1 aromatic rings. The maximum Gasteiger partial charge on any atom is 0.408 e. The number of alkyl carbamates (subject to hydrolysis) is 1. The summed E-state index contributed by atoms with van der Waals surface area (Å²) in [6, 6.07) is 4.40. The van der Waals surface area contributed by atoms with Crippen molar-refractivity contribution in [2.75, 3.05) is 13.6 Å². The van der Waals surface area contributed by atoms with Crippen molar-refractivity contribution < 1.29 is 24.5 Å². The Bertz CT molecular complexity index is 595. The number of phenols is 2. The van der Waals surface area contributed by atoms with Crippen molar-refractivity contribution in [3.63, 3.8) is 0 Å². The second-order valence-electron chi connectivity index (χ2n) is 6.74. The summed E-state index contributed by atoms with van der Waals surface area (Å²) in [5.74, 6) is -0.631. The number of rotatable bonds is 5. The van der Waals surface area contributed by atoms with Gasteiger partial charge in [-0.25, -0.2) is 4.79 Å². The van der Waals surface area contributed by atoms with Gasteiger partial charge in [0.2, 0.25) is 5.91 Å². The zero-order chi connectivity index (χ0) is 18.5. The minimum absolute atomic E-state index is 0.151. The van der Waals surface area contributed by atoms with Gasteiger partial charge in [-0.2, -0.15) is 0 Å². The quantitative estimate of drug-likeness (QED) is 0.713. The molecule has 3 N–H and O–H groups in total. The van der Waals surface area contributed by atoms with Gasteiger partial charge in [0.15, 0.2) is 11.5 Å². The smallest absolute Gasteiger partial charge is 0.408 e. The average Bonchev–Trinajstić information content (AvgIpc) is 2.46. The molecule has 0 fully saturated rings. The van der Waals surface area contributed by atoms with Crippen LogP contribution < -0.4 is 5.32 Å². The van der Waals surface area contributed by atoms with Crippen molar-refractivity contribution in [2.45, 2.75) is 45.8 Å². The van der Waals surface area contributed by atoms with E-state index in [0.29, 0.717) is 6.42 Å². The molecule has 0 aliphatic heterocycles. The molecule has 24 heavy (non-hydrogen) atoms. The predicted octanol–water partition coefficient (Wildman–Crippen LogP) is 2.01. The predicted molar refractivity (Wildman–Crippen MR) is 89.9 cm³/mol. The van der Waals surface area contributed by atoms with Crippen LogP contribution in [0.1, 0.15) is 33.3 Å². The Morgan fingerprint density at radius 2 is 1.88 bits per heavy atom. The van der Waals surface area contributed by atoms with Gasteiger partial charge in [-0.05, 0) is 51.8 Å². The molecule has 2 amide bonds. The minimum Gasteiger partial charge on any atom is -0.504 e. The Morgan fingerprint density at radius 3 is 2.42 bits per heavy atom. The number of phenolic OH excluding ortho intramolecular Hbond substituents is 2. The topological polar surface area (TPSA) is 99.1 Å². The summed E-state index contributed by atoms with van der Waals surface area (Å²) in [7, 11) is 1.64. The van der Waals surface area contributed by atoms with Crippen molar-refractivity contribution in [2.24, 2.45) is 0 Å². The van der Waals surface area contributed by atoms with Crippen molar-refractivity contribution in [3.05, 3.63) is 23.8 Å². The number of carbonyl (C=O) groups excluding carboxylic acids is 2. The number of benzene rings is 1. The Morgan fingerprint density at radius 1 is 1.25 bits per heavy atom. The van der Waals surface area contributed by atoms with Crippen molar-refractivity contribution in [1.29, 1.82) is 0 Å². The van der Waals surface area contributed by atoms with Crippen LogP contribution in [0.4, 0.5) is 4.79 Å². The van der Waals surface area contributed by atoms with Crippen LogP contribution in [0.15, 0.2) is 18.2 Å². The summed E-state index contributed by atoms with van der Waals surface area (Å²) >= 11 is 0. The number of ether oxygens (including phenoxy) is 1. The molecule has 7 heteroatoms. The molecule has 0 bridgehead atoms. The number of hydrogen-bond acceptors (Lipinski definition) is 5. The third-order valence-electron chi connectivity index (χ3n) is 3.41. The highest BCUT2D eigenvalue weighted by atomic mass is 16.6. The van der Waals surface area contributed by atoms with E-state index in [1.165, 1.54) is 17.0 Å². The zero-order valence-corrected chi connectivity index (χ0v) is 14.8. The minimum atomic E-state index is -0.639. The van der Waals surface area contributed by atoms with Crippen molar-refractivity contribution in [1.82, 2.24) is 10.2 Å². The normalized spacial score (nSPS) is 12.4. The summed E-state index contributed by atoms with van der Waals surface area (Å²) < 4.78 is 5.08. The number of nitrogens with zero attached hydrogens (tertiary/aromatic N) is 1. The second-order valence-corrected chi connectivity index (χ2v) is 6.74.